The summed E-state index contributed by atoms with van der Waals surface area (Å²) in [6.07, 6.45) is 2.83. The molecule has 1 rings (SSSR count). The van der Waals surface area contributed by atoms with E-state index in [-0.39, 0.29) is 6.04 Å². The van der Waals surface area contributed by atoms with Crippen molar-refractivity contribution < 1.29 is 8.42 Å². The third-order valence-electron chi connectivity index (χ3n) is 3.01. The molecule has 3 N–H and O–H groups in total. The molecule has 1 aliphatic heterocycles. The van der Waals surface area contributed by atoms with E-state index in [0.717, 1.165) is 19.3 Å². The van der Waals surface area contributed by atoms with Gasteiger partial charge in [0, 0.05) is 25.7 Å². The molecule has 2 unspecified atom stereocenters. The van der Waals surface area contributed by atoms with Crippen LogP contribution in [0.25, 0.3) is 0 Å². The molecular formula is C10H23N3O2S. The summed E-state index contributed by atoms with van der Waals surface area (Å²) in [5, 5.41) is 0. The van der Waals surface area contributed by atoms with Gasteiger partial charge in [0.2, 0.25) is 0 Å². The summed E-state index contributed by atoms with van der Waals surface area (Å²) in [5.74, 6) is 0.449. The van der Waals surface area contributed by atoms with Gasteiger partial charge in [0.1, 0.15) is 0 Å². The summed E-state index contributed by atoms with van der Waals surface area (Å²) < 4.78 is 27.9. The van der Waals surface area contributed by atoms with Gasteiger partial charge in [0.25, 0.3) is 10.2 Å². The largest absolute Gasteiger partial charge is 0.327 e. The predicted octanol–water partition coefficient (Wildman–Crippen LogP) is 0.290. The van der Waals surface area contributed by atoms with Crippen LogP contribution in [0.2, 0.25) is 0 Å². The summed E-state index contributed by atoms with van der Waals surface area (Å²) in [5.41, 5.74) is 5.69. The van der Waals surface area contributed by atoms with Gasteiger partial charge in [-0.2, -0.15) is 12.7 Å². The van der Waals surface area contributed by atoms with Gasteiger partial charge in [-0.25, -0.2) is 4.72 Å². The van der Waals surface area contributed by atoms with Crippen LogP contribution in [-0.4, -0.2) is 38.4 Å². The van der Waals surface area contributed by atoms with Crippen molar-refractivity contribution in [1.82, 2.24) is 9.03 Å². The van der Waals surface area contributed by atoms with Gasteiger partial charge < -0.3 is 5.73 Å². The molecule has 0 aliphatic carbocycles. The first-order chi connectivity index (χ1) is 7.45. The van der Waals surface area contributed by atoms with E-state index in [1.165, 1.54) is 4.31 Å². The third-order valence-corrected chi connectivity index (χ3v) is 4.55. The highest BCUT2D eigenvalue weighted by molar-refractivity contribution is 7.87. The Balaban J connectivity index is 2.49. The van der Waals surface area contributed by atoms with Crippen LogP contribution < -0.4 is 10.5 Å². The maximum atomic E-state index is 11.9. The number of piperidine rings is 1. The van der Waals surface area contributed by atoms with Crippen LogP contribution >= 0.6 is 0 Å². The SMILES string of the molecule is CCC(N)CNS(=O)(=O)N1CCCC(C)C1. The predicted molar refractivity (Wildman–Crippen MR) is 65.2 cm³/mol. The highest BCUT2D eigenvalue weighted by atomic mass is 32.2. The first kappa shape index (κ1) is 13.9. The molecule has 0 bridgehead atoms. The van der Waals surface area contributed by atoms with E-state index in [2.05, 4.69) is 11.6 Å². The maximum Gasteiger partial charge on any atom is 0.279 e. The Bertz CT molecular complexity index is 305. The molecule has 6 heteroatoms. The molecule has 0 radical (unpaired) electrons. The minimum Gasteiger partial charge on any atom is -0.327 e. The van der Waals surface area contributed by atoms with Crippen LogP contribution in [0.15, 0.2) is 0 Å². The zero-order chi connectivity index (χ0) is 12.2. The molecule has 1 fully saturated rings. The summed E-state index contributed by atoms with van der Waals surface area (Å²) in [7, 11) is -3.32. The first-order valence-corrected chi connectivity index (χ1v) is 7.40. The Labute approximate surface area is 98.6 Å². The molecule has 96 valence electrons. The standard InChI is InChI=1S/C10H23N3O2S/c1-3-10(11)7-12-16(14,15)13-6-4-5-9(2)8-13/h9-10,12H,3-8,11H2,1-2H3. The van der Waals surface area contributed by atoms with Crippen LogP contribution in [0.1, 0.15) is 33.1 Å². The van der Waals surface area contributed by atoms with Crippen molar-refractivity contribution in [3.8, 4) is 0 Å². The lowest BCUT2D eigenvalue weighted by molar-refractivity contribution is 0.278. The van der Waals surface area contributed by atoms with E-state index in [0.29, 0.717) is 25.6 Å². The number of hydrogen-bond acceptors (Lipinski definition) is 3. The van der Waals surface area contributed by atoms with E-state index in [1.54, 1.807) is 0 Å². The molecular weight excluding hydrogens is 226 g/mol. The smallest absolute Gasteiger partial charge is 0.279 e. The van der Waals surface area contributed by atoms with Crippen LogP contribution in [-0.2, 0) is 10.2 Å². The molecule has 0 amide bonds. The van der Waals surface area contributed by atoms with E-state index >= 15 is 0 Å². The molecule has 16 heavy (non-hydrogen) atoms. The monoisotopic (exact) mass is 249 g/mol. The number of rotatable bonds is 5. The zero-order valence-corrected chi connectivity index (χ0v) is 11.0. The normalized spacial score (nSPS) is 25.6. The lowest BCUT2D eigenvalue weighted by Crippen LogP contribution is -2.48. The second-order valence-corrected chi connectivity index (χ2v) is 6.38. The average Bonchev–Trinajstić information content (AvgIpc) is 2.26. The fourth-order valence-corrected chi connectivity index (χ4v) is 3.24. The van der Waals surface area contributed by atoms with Crippen LogP contribution in [0.4, 0.5) is 0 Å². The lowest BCUT2D eigenvalue weighted by atomic mass is 10.0. The summed E-state index contributed by atoms with van der Waals surface area (Å²) in [6, 6.07) is -0.100. The van der Waals surface area contributed by atoms with Gasteiger partial charge >= 0.3 is 0 Å². The molecule has 0 saturated carbocycles. The van der Waals surface area contributed by atoms with Gasteiger partial charge in [-0.15, -0.1) is 0 Å². The Morgan fingerprint density at radius 3 is 2.81 bits per heavy atom. The van der Waals surface area contributed by atoms with Crippen molar-refractivity contribution in [2.24, 2.45) is 11.7 Å². The number of nitrogens with zero attached hydrogens (tertiary/aromatic N) is 1. The quantitative estimate of drug-likeness (QED) is 0.735. The van der Waals surface area contributed by atoms with Gasteiger partial charge in [-0.1, -0.05) is 13.8 Å². The number of hydrogen-bond donors (Lipinski definition) is 2. The van der Waals surface area contributed by atoms with Crippen molar-refractivity contribution in [3.63, 3.8) is 0 Å². The molecule has 2 atom stereocenters. The highest BCUT2D eigenvalue weighted by Gasteiger charge is 2.26. The molecule has 1 heterocycles. The Morgan fingerprint density at radius 2 is 2.25 bits per heavy atom. The maximum absolute atomic E-state index is 11.9. The Kier molecular flexibility index (Phi) is 5.17. The van der Waals surface area contributed by atoms with Gasteiger partial charge in [0.05, 0.1) is 0 Å². The van der Waals surface area contributed by atoms with Crippen molar-refractivity contribution >= 4 is 10.2 Å². The van der Waals surface area contributed by atoms with Gasteiger partial charge in [-0.05, 0) is 25.2 Å². The van der Waals surface area contributed by atoms with Crippen molar-refractivity contribution in [1.29, 1.82) is 0 Å². The Morgan fingerprint density at radius 1 is 1.56 bits per heavy atom. The third kappa shape index (κ3) is 4.01. The summed E-state index contributed by atoms with van der Waals surface area (Å²) >= 11 is 0. The van der Waals surface area contributed by atoms with Crippen LogP contribution in [0.5, 0.6) is 0 Å². The molecule has 0 aromatic carbocycles. The van der Waals surface area contributed by atoms with Gasteiger partial charge in [0.15, 0.2) is 0 Å². The van der Waals surface area contributed by atoms with E-state index < -0.39 is 10.2 Å². The second kappa shape index (κ2) is 5.95. The van der Waals surface area contributed by atoms with Gasteiger partial charge in [-0.3, -0.25) is 0 Å². The molecule has 1 saturated heterocycles. The second-order valence-electron chi connectivity index (χ2n) is 4.63. The molecule has 0 aromatic rings. The molecule has 1 aliphatic rings. The van der Waals surface area contributed by atoms with Crippen molar-refractivity contribution in [2.45, 2.75) is 39.2 Å². The van der Waals surface area contributed by atoms with Crippen LogP contribution in [0.3, 0.4) is 0 Å². The minimum atomic E-state index is -3.32. The minimum absolute atomic E-state index is 0.100. The van der Waals surface area contributed by atoms with Crippen LogP contribution in [0, 0.1) is 5.92 Å². The number of nitrogens with two attached hydrogens (primary N) is 1. The van der Waals surface area contributed by atoms with Crippen molar-refractivity contribution in [2.75, 3.05) is 19.6 Å². The lowest BCUT2D eigenvalue weighted by Gasteiger charge is -2.30. The Hall–Kier alpha value is -0.170. The molecule has 0 spiro atoms. The summed E-state index contributed by atoms with van der Waals surface area (Å²) in [4.78, 5) is 0. The first-order valence-electron chi connectivity index (χ1n) is 5.96. The number of nitrogens with one attached hydrogen (secondary N) is 1. The highest BCUT2D eigenvalue weighted by Crippen LogP contribution is 2.17. The van der Waals surface area contributed by atoms with Crippen molar-refractivity contribution in [3.05, 3.63) is 0 Å². The van der Waals surface area contributed by atoms with E-state index in [1.807, 2.05) is 6.92 Å². The molecule has 5 nitrogen and oxygen atoms in total. The fraction of sp³-hybridized carbons (Fsp3) is 1.00. The summed E-state index contributed by atoms with van der Waals surface area (Å²) in [6.45, 7) is 5.60. The zero-order valence-electron chi connectivity index (χ0n) is 10.1. The van der Waals surface area contributed by atoms with E-state index in [9.17, 15) is 8.42 Å². The average molecular weight is 249 g/mol. The molecule has 0 aromatic heterocycles. The van der Waals surface area contributed by atoms with E-state index in [4.69, 9.17) is 5.73 Å². The topological polar surface area (TPSA) is 75.4 Å². The fourth-order valence-electron chi connectivity index (χ4n) is 1.81.